The van der Waals surface area contributed by atoms with Crippen LogP contribution in [0.25, 0.3) is 0 Å². The van der Waals surface area contributed by atoms with Crippen molar-refractivity contribution in [1.29, 1.82) is 0 Å². The number of amides is 2. The summed E-state index contributed by atoms with van der Waals surface area (Å²) in [5.41, 5.74) is 1.71. The predicted molar refractivity (Wildman–Crippen MR) is 101 cm³/mol. The van der Waals surface area contributed by atoms with Crippen molar-refractivity contribution in [1.82, 2.24) is 19.9 Å². The van der Waals surface area contributed by atoms with Crippen LogP contribution in [0.3, 0.4) is 0 Å². The molecule has 136 valence electrons. The molecule has 0 N–H and O–H groups in total. The smallest absolute Gasteiger partial charge is 0.233 e. The number of aromatic nitrogens is 3. The number of fused-ring (bicyclic) bond motifs is 3. The Morgan fingerprint density at radius 3 is 2.63 bits per heavy atom. The van der Waals surface area contributed by atoms with Crippen LogP contribution >= 0.6 is 12.6 Å². The monoisotopic (exact) mass is 380 g/mol. The zero-order chi connectivity index (χ0) is 19.1. The molecule has 8 nitrogen and oxygen atoms in total. The van der Waals surface area contributed by atoms with E-state index in [0.29, 0.717) is 11.0 Å². The van der Waals surface area contributed by atoms with Crippen LogP contribution < -0.4 is 4.90 Å². The molecule has 0 aliphatic carbocycles. The number of thiol groups is 1. The first-order valence-corrected chi connectivity index (χ1v) is 8.75. The van der Waals surface area contributed by atoms with E-state index in [1.54, 1.807) is 18.6 Å². The van der Waals surface area contributed by atoms with Gasteiger partial charge in [-0.3, -0.25) is 14.5 Å². The van der Waals surface area contributed by atoms with Gasteiger partial charge < -0.3 is 0 Å². The molecule has 2 aromatic heterocycles. The first-order valence-electron chi connectivity index (χ1n) is 8.31. The van der Waals surface area contributed by atoms with E-state index in [1.165, 1.54) is 13.8 Å². The molecule has 0 fully saturated rings. The molecule has 2 atom stereocenters. The predicted octanol–water partition coefficient (Wildman–Crippen LogP) is 1.76. The summed E-state index contributed by atoms with van der Waals surface area (Å²) in [5.74, 6) is -0.0931. The van der Waals surface area contributed by atoms with Crippen LogP contribution in [-0.4, -0.2) is 43.7 Å². The summed E-state index contributed by atoms with van der Waals surface area (Å²) in [6.07, 6.45) is 6.85. The number of guanidine groups is 1. The molecule has 2 amide bonds. The molecule has 4 rings (SSSR count). The molecule has 2 aromatic rings. The van der Waals surface area contributed by atoms with Gasteiger partial charge in [0, 0.05) is 38.0 Å². The number of imide groups is 1. The maximum absolute atomic E-state index is 12.1. The minimum atomic E-state index is -0.407. The van der Waals surface area contributed by atoms with Crippen LogP contribution in [0.1, 0.15) is 31.0 Å². The van der Waals surface area contributed by atoms with E-state index in [1.807, 2.05) is 29.2 Å². The lowest BCUT2D eigenvalue weighted by atomic mass is 9.92. The van der Waals surface area contributed by atoms with Crippen molar-refractivity contribution in [2.75, 3.05) is 4.90 Å². The fourth-order valence-electron chi connectivity index (χ4n) is 3.55. The van der Waals surface area contributed by atoms with Crippen molar-refractivity contribution in [2.45, 2.75) is 31.0 Å². The van der Waals surface area contributed by atoms with Gasteiger partial charge >= 0.3 is 0 Å². The van der Waals surface area contributed by atoms with Crippen LogP contribution in [0.4, 0.5) is 5.82 Å². The van der Waals surface area contributed by atoms with Crippen LogP contribution in [0.2, 0.25) is 0 Å². The van der Waals surface area contributed by atoms with Crippen molar-refractivity contribution >= 4 is 36.2 Å². The number of rotatable bonds is 1. The van der Waals surface area contributed by atoms with Crippen LogP contribution in [0.5, 0.6) is 0 Å². The Hall–Kier alpha value is -3.07. The molecule has 9 heteroatoms. The summed E-state index contributed by atoms with van der Waals surface area (Å²) < 4.78 is 0. The summed E-state index contributed by atoms with van der Waals surface area (Å²) >= 11 is 4.25. The molecule has 27 heavy (non-hydrogen) atoms. The van der Waals surface area contributed by atoms with Crippen molar-refractivity contribution in [2.24, 2.45) is 4.99 Å². The topological polar surface area (TPSA) is 91.7 Å². The third kappa shape index (κ3) is 2.80. The van der Waals surface area contributed by atoms with Gasteiger partial charge in [0.2, 0.25) is 17.8 Å². The van der Waals surface area contributed by atoms with E-state index in [2.05, 4.69) is 32.6 Å². The Kier molecular flexibility index (Phi) is 4.23. The van der Waals surface area contributed by atoms with Crippen molar-refractivity contribution < 1.29 is 9.59 Å². The zero-order valence-electron chi connectivity index (χ0n) is 14.6. The molecule has 2 aliphatic rings. The van der Waals surface area contributed by atoms with Crippen LogP contribution in [0, 0.1) is 0 Å². The minimum Gasteiger partial charge on any atom is -0.288 e. The Bertz CT molecular complexity index is 991. The average Bonchev–Trinajstić information content (AvgIpc) is 2.96. The molecular weight excluding hydrogens is 364 g/mol. The van der Waals surface area contributed by atoms with E-state index in [-0.39, 0.29) is 17.9 Å². The van der Waals surface area contributed by atoms with Gasteiger partial charge in [0.1, 0.15) is 5.82 Å². The number of anilines is 1. The highest BCUT2D eigenvalue weighted by molar-refractivity contribution is 7.80. The summed E-state index contributed by atoms with van der Waals surface area (Å²) in [6, 6.07) is 5.41. The zero-order valence-corrected chi connectivity index (χ0v) is 15.5. The SMILES string of the molecule is CC(=O)N(C(C)=O)C1=NC=CC2C(c3ccnc(S)n3)c3cccnc3N12. The minimum absolute atomic E-state index is 0.162. The van der Waals surface area contributed by atoms with Gasteiger partial charge in [-0.1, -0.05) is 6.07 Å². The maximum Gasteiger partial charge on any atom is 0.233 e. The molecule has 2 unspecified atom stereocenters. The summed E-state index contributed by atoms with van der Waals surface area (Å²) in [6.45, 7) is 2.67. The fraction of sp³-hybridized carbons (Fsp3) is 0.222. The van der Waals surface area contributed by atoms with Gasteiger partial charge in [-0.05, 0) is 18.2 Å². The van der Waals surface area contributed by atoms with Gasteiger partial charge in [-0.2, -0.15) is 0 Å². The van der Waals surface area contributed by atoms with Crippen molar-refractivity contribution in [3.8, 4) is 0 Å². The molecular formula is C18H16N6O2S. The number of carbonyl (C=O) groups excluding carboxylic acids is 2. The van der Waals surface area contributed by atoms with Crippen molar-refractivity contribution in [3.05, 3.63) is 54.1 Å². The lowest BCUT2D eigenvalue weighted by molar-refractivity contribution is -0.137. The maximum atomic E-state index is 12.1. The highest BCUT2D eigenvalue weighted by Gasteiger charge is 2.45. The number of hydrogen-bond donors (Lipinski definition) is 1. The molecule has 0 aromatic carbocycles. The molecule has 0 spiro atoms. The van der Waals surface area contributed by atoms with Gasteiger partial charge in [0.25, 0.3) is 0 Å². The lowest BCUT2D eigenvalue weighted by Crippen LogP contribution is -2.52. The summed E-state index contributed by atoms with van der Waals surface area (Å²) in [5, 5.41) is 0.374. The normalized spacial score (nSPS) is 20.0. The standard InChI is InChI=1S/C18H16N6O2S/c1-10(25)23(11(2)26)18-21-9-6-14-15(13-5-8-20-17(27)22-13)12-4-3-7-19-16(12)24(14)18/h3-9,14-15H,1-2H3,(H,20,22,27). The second-order valence-corrected chi connectivity index (χ2v) is 6.58. The number of aliphatic imine (C=N–C) groups is 1. The van der Waals surface area contributed by atoms with E-state index in [0.717, 1.165) is 16.2 Å². The lowest BCUT2D eigenvalue weighted by Gasteiger charge is -2.34. The first-order chi connectivity index (χ1) is 13.0. The molecule has 2 aliphatic heterocycles. The molecule has 0 radical (unpaired) electrons. The van der Waals surface area contributed by atoms with Crippen molar-refractivity contribution in [3.63, 3.8) is 0 Å². The number of pyridine rings is 1. The van der Waals surface area contributed by atoms with Gasteiger partial charge in [-0.15, -0.1) is 12.6 Å². The van der Waals surface area contributed by atoms with Gasteiger partial charge in [0.05, 0.1) is 17.7 Å². The third-order valence-electron chi connectivity index (χ3n) is 4.52. The molecule has 0 saturated heterocycles. The Balaban J connectivity index is 1.88. The highest BCUT2D eigenvalue weighted by Crippen LogP contribution is 2.44. The second kappa shape index (κ2) is 6.58. The number of hydrogen-bond acceptors (Lipinski definition) is 8. The van der Waals surface area contributed by atoms with E-state index in [4.69, 9.17) is 0 Å². The fourth-order valence-corrected chi connectivity index (χ4v) is 3.73. The molecule has 4 heterocycles. The van der Waals surface area contributed by atoms with E-state index >= 15 is 0 Å². The number of nitrogens with zero attached hydrogens (tertiary/aromatic N) is 6. The highest BCUT2D eigenvalue weighted by atomic mass is 32.1. The van der Waals surface area contributed by atoms with Gasteiger partial charge in [0.15, 0.2) is 5.16 Å². The van der Waals surface area contributed by atoms with Crippen LogP contribution in [-0.2, 0) is 9.59 Å². The van der Waals surface area contributed by atoms with Crippen LogP contribution in [0.15, 0.2) is 53.0 Å². The summed E-state index contributed by atoms with van der Waals surface area (Å²) in [4.78, 5) is 44.4. The second-order valence-electron chi connectivity index (χ2n) is 6.18. The van der Waals surface area contributed by atoms with E-state index < -0.39 is 11.8 Å². The summed E-state index contributed by atoms with van der Waals surface area (Å²) in [7, 11) is 0. The quantitative estimate of drug-likeness (QED) is 0.599. The third-order valence-corrected chi connectivity index (χ3v) is 4.74. The Morgan fingerprint density at radius 1 is 1.15 bits per heavy atom. The average molecular weight is 380 g/mol. The van der Waals surface area contributed by atoms with E-state index in [9.17, 15) is 9.59 Å². The molecule has 0 bridgehead atoms. The first kappa shape index (κ1) is 17.3. The Morgan fingerprint density at radius 2 is 1.93 bits per heavy atom. The van der Waals surface area contributed by atoms with Gasteiger partial charge in [-0.25, -0.2) is 24.8 Å². The largest absolute Gasteiger partial charge is 0.288 e. The Labute approximate surface area is 161 Å². The molecule has 0 saturated carbocycles. The number of carbonyl (C=O) groups is 2.